The van der Waals surface area contributed by atoms with Crippen LogP contribution in [0.2, 0.25) is 0 Å². The minimum atomic E-state index is 0.0905. The summed E-state index contributed by atoms with van der Waals surface area (Å²) >= 11 is 0. The van der Waals surface area contributed by atoms with Gasteiger partial charge in [0.1, 0.15) is 0 Å². The predicted octanol–water partition coefficient (Wildman–Crippen LogP) is 0.783. The molecule has 0 aromatic carbocycles. The van der Waals surface area contributed by atoms with Gasteiger partial charge in [-0.05, 0) is 26.7 Å². The maximum absolute atomic E-state index is 11.8. The molecular formula is C10H20N2O2. The first-order valence-corrected chi connectivity index (χ1v) is 5.12. The van der Waals surface area contributed by atoms with Crippen molar-refractivity contribution in [3.63, 3.8) is 0 Å². The van der Waals surface area contributed by atoms with E-state index in [9.17, 15) is 4.79 Å². The standard InChI is InChI=1S/C10H20N2O2/c1-7-5-9(6-8(2)11-7)10(13)12(3)14-4/h7-9,11H,5-6H2,1-4H3/t7-,8+,9?. The molecule has 4 heteroatoms. The lowest BCUT2D eigenvalue weighted by Gasteiger charge is -2.33. The van der Waals surface area contributed by atoms with Crippen LogP contribution in [0.3, 0.4) is 0 Å². The van der Waals surface area contributed by atoms with Crippen LogP contribution in [0.5, 0.6) is 0 Å². The number of carbonyl (C=O) groups is 1. The molecule has 0 spiro atoms. The molecule has 3 atom stereocenters. The van der Waals surface area contributed by atoms with E-state index >= 15 is 0 Å². The van der Waals surface area contributed by atoms with Crippen LogP contribution in [-0.2, 0) is 9.63 Å². The second-order valence-electron chi connectivity index (χ2n) is 4.16. The van der Waals surface area contributed by atoms with Crippen molar-refractivity contribution in [1.82, 2.24) is 10.4 Å². The number of nitrogens with one attached hydrogen (secondary N) is 1. The van der Waals surface area contributed by atoms with Gasteiger partial charge in [0.15, 0.2) is 0 Å². The van der Waals surface area contributed by atoms with Gasteiger partial charge in [-0.1, -0.05) is 0 Å². The van der Waals surface area contributed by atoms with Crippen molar-refractivity contribution in [3.8, 4) is 0 Å². The quantitative estimate of drug-likeness (QED) is 0.670. The van der Waals surface area contributed by atoms with Gasteiger partial charge in [-0.25, -0.2) is 5.06 Å². The van der Waals surface area contributed by atoms with E-state index in [0.717, 1.165) is 12.8 Å². The zero-order chi connectivity index (χ0) is 10.7. The fraction of sp³-hybridized carbons (Fsp3) is 0.900. The van der Waals surface area contributed by atoms with Gasteiger partial charge < -0.3 is 5.32 Å². The number of amides is 1. The molecule has 14 heavy (non-hydrogen) atoms. The fourth-order valence-electron chi connectivity index (χ4n) is 2.12. The van der Waals surface area contributed by atoms with Crippen LogP contribution in [0.15, 0.2) is 0 Å². The SMILES string of the molecule is CON(C)C(=O)C1C[C@@H](C)N[C@@H](C)C1. The van der Waals surface area contributed by atoms with Crippen LogP contribution >= 0.6 is 0 Å². The number of nitrogens with zero attached hydrogens (tertiary/aromatic N) is 1. The molecule has 0 aliphatic carbocycles. The molecule has 1 heterocycles. The van der Waals surface area contributed by atoms with Gasteiger partial charge in [0.2, 0.25) is 5.91 Å². The molecule has 1 unspecified atom stereocenters. The van der Waals surface area contributed by atoms with E-state index in [1.807, 2.05) is 0 Å². The first kappa shape index (κ1) is 11.5. The normalized spacial score (nSPS) is 32.7. The molecule has 0 bridgehead atoms. The van der Waals surface area contributed by atoms with Gasteiger partial charge in [0.05, 0.1) is 7.11 Å². The number of rotatable bonds is 2. The molecular weight excluding hydrogens is 180 g/mol. The molecule has 0 aromatic heterocycles. The smallest absolute Gasteiger partial charge is 0.249 e. The summed E-state index contributed by atoms with van der Waals surface area (Å²) < 4.78 is 0. The number of carbonyl (C=O) groups excluding carboxylic acids is 1. The van der Waals surface area contributed by atoms with Crippen molar-refractivity contribution in [2.45, 2.75) is 38.8 Å². The summed E-state index contributed by atoms with van der Waals surface area (Å²) in [4.78, 5) is 16.7. The Kier molecular flexibility index (Phi) is 3.89. The van der Waals surface area contributed by atoms with Crippen LogP contribution in [-0.4, -0.2) is 37.2 Å². The lowest BCUT2D eigenvalue weighted by Crippen LogP contribution is -2.47. The van der Waals surface area contributed by atoms with Crippen LogP contribution < -0.4 is 5.32 Å². The van der Waals surface area contributed by atoms with E-state index < -0.39 is 0 Å². The molecule has 0 aromatic rings. The third kappa shape index (κ3) is 2.69. The Morgan fingerprint density at radius 3 is 2.29 bits per heavy atom. The highest BCUT2D eigenvalue weighted by molar-refractivity contribution is 5.77. The van der Waals surface area contributed by atoms with Gasteiger partial charge in [0.25, 0.3) is 0 Å². The van der Waals surface area contributed by atoms with Gasteiger partial charge in [-0.15, -0.1) is 0 Å². The number of hydrogen-bond donors (Lipinski definition) is 1. The summed E-state index contributed by atoms with van der Waals surface area (Å²) in [5.74, 6) is 0.193. The second kappa shape index (κ2) is 4.75. The molecule has 1 rings (SSSR count). The Morgan fingerprint density at radius 1 is 1.36 bits per heavy atom. The average molecular weight is 200 g/mol. The van der Waals surface area contributed by atoms with Crippen LogP contribution in [0.4, 0.5) is 0 Å². The van der Waals surface area contributed by atoms with E-state index in [1.54, 1.807) is 7.05 Å². The van der Waals surface area contributed by atoms with Crippen LogP contribution in [0.25, 0.3) is 0 Å². The highest BCUT2D eigenvalue weighted by Crippen LogP contribution is 2.21. The third-order valence-electron chi connectivity index (χ3n) is 2.78. The summed E-state index contributed by atoms with van der Waals surface area (Å²) in [6, 6.07) is 0.830. The fourth-order valence-corrected chi connectivity index (χ4v) is 2.12. The second-order valence-corrected chi connectivity index (χ2v) is 4.16. The van der Waals surface area contributed by atoms with Crippen molar-refractivity contribution >= 4 is 5.91 Å². The van der Waals surface area contributed by atoms with Crippen LogP contribution in [0.1, 0.15) is 26.7 Å². The van der Waals surface area contributed by atoms with Crippen molar-refractivity contribution < 1.29 is 9.63 Å². The molecule has 1 saturated heterocycles. The molecule has 1 fully saturated rings. The molecule has 1 amide bonds. The molecule has 0 saturated carbocycles. The molecule has 0 radical (unpaired) electrons. The van der Waals surface area contributed by atoms with Gasteiger partial charge in [-0.3, -0.25) is 9.63 Å². The lowest BCUT2D eigenvalue weighted by molar-refractivity contribution is -0.174. The van der Waals surface area contributed by atoms with Gasteiger partial charge in [0, 0.05) is 25.0 Å². The van der Waals surface area contributed by atoms with E-state index in [0.29, 0.717) is 12.1 Å². The molecule has 1 aliphatic heterocycles. The Bertz CT molecular complexity index is 198. The van der Waals surface area contributed by atoms with E-state index in [-0.39, 0.29) is 11.8 Å². The highest BCUT2D eigenvalue weighted by atomic mass is 16.7. The monoisotopic (exact) mass is 200 g/mol. The van der Waals surface area contributed by atoms with Crippen molar-refractivity contribution in [2.24, 2.45) is 5.92 Å². The number of hydroxylamine groups is 2. The Balaban J connectivity index is 2.54. The zero-order valence-electron chi connectivity index (χ0n) is 9.41. The molecule has 1 N–H and O–H groups in total. The van der Waals surface area contributed by atoms with Crippen LogP contribution in [0, 0.1) is 5.92 Å². The van der Waals surface area contributed by atoms with Gasteiger partial charge in [-0.2, -0.15) is 0 Å². The first-order chi connectivity index (χ1) is 6.54. The molecule has 4 nitrogen and oxygen atoms in total. The summed E-state index contributed by atoms with van der Waals surface area (Å²) in [5, 5.41) is 4.74. The van der Waals surface area contributed by atoms with Crippen molar-refractivity contribution in [2.75, 3.05) is 14.2 Å². The molecule has 1 aliphatic rings. The minimum Gasteiger partial charge on any atom is -0.312 e. The summed E-state index contributed by atoms with van der Waals surface area (Å²) in [6.07, 6.45) is 1.80. The van der Waals surface area contributed by atoms with Crippen molar-refractivity contribution in [1.29, 1.82) is 0 Å². The van der Waals surface area contributed by atoms with E-state index in [1.165, 1.54) is 12.2 Å². The third-order valence-corrected chi connectivity index (χ3v) is 2.78. The predicted molar refractivity (Wildman–Crippen MR) is 54.6 cm³/mol. The maximum Gasteiger partial charge on any atom is 0.249 e. The van der Waals surface area contributed by atoms with E-state index in [2.05, 4.69) is 19.2 Å². The van der Waals surface area contributed by atoms with Gasteiger partial charge >= 0.3 is 0 Å². The minimum absolute atomic E-state index is 0.0905. The maximum atomic E-state index is 11.8. The van der Waals surface area contributed by atoms with E-state index in [4.69, 9.17) is 4.84 Å². The number of piperidine rings is 1. The average Bonchev–Trinajstić information content (AvgIpc) is 2.14. The number of hydrogen-bond acceptors (Lipinski definition) is 3. The Labute approximate surface area is 85.6 Å². The first-order valence-electron chi connectivity index (χ1n) is 5.12. The Hall–Kier alpha value is -0.610. The zero-order valence-corrected chi connectivity index (χ0v) is 9.41. The Morgan fingerprint density at radius 2 is 1.86 bits per heavy atom. The summed E-state index contributed by atoms with van der Waals surface area (Å²) in [6.45, 7) is 4.23. The van der Waals surface area contributed by atoms with Crippen molar-refractivity contribution in [3.05, 3.63) is 0 Å². The summed E-state index contributed by atoms with van der Waals surface area (Å²) in [7, 11) is 3.19. The highest BCUT2D eigenvalue weighted by Gasteiger charge is 2.30. The topological polar surface area (TPSA) is 41.6 Å². The summed E-state index contributed by atoms with van der Waals surface area (Å²) in [5.41, 5.74) is 0. The lowest BCUT2D eigenvalue weighted by atomic mass is 9.88. The molecule has 82 valence electrons. The largest absolute Gasteiger partial charge is 0.312 e.